The number of nitrogens with one attached hydrogen (secondary N) is 1. The van der Waals surface area contributed by atoms with Crippen LogP contribution in [0, 0.1) is 6.92 Å². The van der Waals surface area contributed by atoms with E-state index in [0.717, 1.165) is 6.92 Å². The number of nitrogens with two attached hydrogens (primary N) is 2. The van der Waals surface area contributed by atoms with Crippen LogP contribution in [0.3, 0.4) is 0 Å². The quantitative estimate of drug-likeness (QED) is 0.759. The second-order valence-electron chi connectivity index (χ2n) is 3.11. The molecule has 0 saturated carbocycles. The highest BCUT2D eigenvalue weighted by atomic mass is 32.1. The summed E-state index contributed by atoms with van der Waals surface area (Å²) in [5.74, 6) is -1.06. The second-order valence-corrected chi connectivity index (χ2v) is 4.13. The van der Waals surface area contributed by atoms with Crippen molar-refractivity contribution < 1.29 is 22.8 Å². The zero-order valence-electron chi connectivity index (χ0n) is 8.51. The Bertz CT molecular complexity index is 481. The van der Waals surface area contributed by atoms with Crippen LogP contribution in [0.2, 0.25) is 0 Å². The fourth-order valence-electron chi connectivity index (χ4n) is 1.28. The maximum Gasteiger partial charge on any atom is 0.425 e. The molecule has 5 nitrogen and oxygen atoms in total. The van der Waals surface area contributed by atoms with Gasteiger partial charge in [0.1, 0.15) is 9.88 Å². The fourth-order valence-corrected chi connectivity index (χ4v) is 2.36. The topological polar surface area (TPSA) is 98.2 Å². The Morgan fingerprint density at radius 1 is 1.29 bits per heavy atom. The van der Waals surface area contributed by atoms with Crippen molar-refractivity contribution in [2.75, 3.05) is 5.32 Å². The van der Waals surface area contributed by atoms with Gasteiger partial charge in [-0.25, -0.2) is 4.79 Å². The van der Waals surface area contributed by atoms with Crippen molar-refractivity contribution in [2.24, 2.45) is 11.5 Å². The lowest BCUT2D eigenvalue weighted by Crippen LogP contribution is -2.21. The Morgan fingerprint density at radius 3 is 2.18 bits per heavy atom. The molecule has 0 bridgehead atoms. The molecule has 94 valence electrons. The lowest BCUT2D eigenvalue weighted by atomic mass is 10.1. The molecular formula is C8H8F3N3O2S. The number of alkyl halides is 3. The third-order valence-electron chi connectivity index (χ3n) is 1.89. The summed E-state index contributed by atoms with van der Waals surface area (Å²) >= 11 is 0.212. The zero-order valence-corrected chi connectivity index (χ0v) is 9.33. The van der Waals surface area contributed by atoms with Crippen molar-refractivity contribution in [3.8, 4) is 0 Å². The number of rotatable bonds is 2. The van der Waals surface area contributed by atoms with Crippen molar-refractivity contribution >= 4 is 28.3 Å². The molecule has 0 fully saturated rings. The van der Waals surface area contributed by atoms with Crippen LogP contribution < -0.4 is 16.8 Å². The van der Waals surface area contributed by atoms with Gasteiger partial charge in [0.15, 0.2) is 0 Å². The van der Waals surface area contributed by atoms with Crippen LogP contribution in [0.15, 0.2) is 0 Å². The Labute approximate surface area is 97.6 Å². The molecule has 1 heterocycles. The number of hydrogen-bond donors (Lipinski definition) is 3. The molecule has 1 aromatic heterocycles. The Kier molecular flexibility index (Phi) is 3.32. The fraction of sp³-hybridized carbons (Fsp3) is 0.250. The first-order valence-corrected chi connectivity index (χ1v) is 5.03. The van der Waals surface area contributed by atoms with Crippen LogP contribution in [0.5, 0.6) is 0 Å². The highest BCUT2D eigenvalue weighted by Crippen LogP contribution is 2.42. The van der Waals surface area contributed by atoms with Crippen molar-refractivity contribution in [1.82, 2.24) is 0 Å². The number of carbonyl (C=O) groups is 2. The van der Waals surface area contributed by atoms with Crippen molar-refractivity contribution in [3.63, 3.8) is 0 Å². The van der Waals surface area contributed by atoms with E-state index in [4.69, 9.17) is 11.5 Å². The van der Waals surface area contributed by atoms with E-state index in [9.17, 15) is 22.8 Å². The SMILES string of the molecule is Cc1c(C(F)(F)F)sc(NC(N)=O)c1C(N)=O. The van der Waals surface area contributed by atoms with Crippen LogP contribution in [0.4, 0.5) is 23.0 Å². The number of halogens is 3. The molecule has 0 aliphatic rings. The Hall–Kier alpha value is -1.77. The van der Waals surface area contributed by atoms with Crippen LogP contribution in [0.25, 0.3) is 0 Å². The minimum Gasteiger partial charge on any atom is -0.365 e. The first-order chi connectivity index (χ1) is 7.64. The van der Waals surface area contributed by atoms with Gasteiger partial charge in [0.25, 0.3) is 5.91 Å². The van der Waals surface area contributed by atoms with Crippen molar-refractivity contribution in [1.29, 1.82) is 0 Å². The summed E-state index contributed by atoms with van der Waals surface area (Å²) in [6.45, 7) is 1.10. The molecule has 0 atom stereocenters. The van der Waals surface area contributed by atoms with E-state index in [-0.39, 0.29) is 27.5 Å². The third-order valence-corrected chi connectivity index (χ3v) is 3.14. The Morgan fingerprint density at radius 2 is 1.82 bits per heavy atom. The summed E-state index contributed by atoms with van der Waals surface area (Å²) in [4.78, 5) is 20.6. The van der Waals surface area contributed by atoms with E-state index >= 15 is 0 Å². The first kappa shape index (κ1) is 13.3. The lowest BCUT2D eigenvalue weighted by Gasteiger charge is -2.03. The van der Waals surface area contributed by atoms with Crippen LogP contribution in [-0.4, -0.2) is 11.9 Å². The van der Waals surface area contributed by atoms with E-state index in [2.05, 4.69) is 0 Å². The molecule has 1 rings (SSSR count). The van der Waals surface area contributed by atoms with Gasteiger partial charge in [-0.15, -0.1) is 11.3 Å². The number of thiophene rings is 1. The molecule has 0 saturated heterocycles. The molecule has 17 heavy (non-hydrogen) atoms. The van der Waals surface area contributed by atoms with Crippen LogP contribution in [0.1, 0.15) is 20.8 Å². The van der Waals surface area contributed by atoms with Crippen LogP contribution >= 0.6 is 11.3 Å². The van der Waals surface area contributed by atoms with Gasteiger partial charge in [0, 0.05) is 0 Å². The first-order valence-electron chi connectivity index (χ1n) is 4.21. The van der Waals surface area contributed by atoms with Gasteiger partial charge in [-0.1, -0.05) is 0 Å². The highest BCUT2D eigenvalue weighted by molar-refractivity contribution is 7.17. The Balaban J connectivity index is 3.40. The van der Waals surface area contributed by atoms with Gasteiger partial charge in [0.2, 0.25) is 0 Å². The minimum absolute atomic E-state index is 0.212. The third kappa shape index (κ3) is 2.67. The van der Waals surface area contributed by atoms with Crippen LogP contribution in [-0.2, 0) is 6.18 Å². The van der Waals surface area contributed by atoms with Crippen molar-refractivity contribution in [2.45, 2.75) is 13.1 Å². The summed E-state index contributed by atoms with van der Waals surface area (Å²) < 4.78 is 37.7. The maximum atomic E-state index is 12.6. The molecule has 0 aliphatic carbocycles. The molecule has 0 spiro atoms. The molecule has 0 radical (unpaired) electrons. The van der Waals surface area contributed by atoms with E-state index in [1.165, 1.54) is 0 Å². The molecule has 0 aromatic carbocycles. The molecule has 1 aromatic rings. The maximum absolute atomic E-state index is 12.6. The zero-order chi connectivity index (χ0) is 13.4. The summed E-state index contributed by atoms with van der Waals surface area (Å²) in [6.07, 6.45) is -4.61. The number of amides is 3. The molecular weight excluding hydrogens is 259 g/mol. The summed E-state index contributed by atoms with van der Waals surface area (Å²) in [7, 11) is 0. The molecule has 9 heteroatoms. The largest absolute Gasteiger partial charge is 0.425 e. The summed E-state index contributed by atoms with van der Waals surface area (Å²) in [5.41, 5.74) is 9.05. The molecule has 0 aliphatic heterocycles. The summed E-state index contributed by atoms with van der Waals surface area (Å²) in [5, 5.41) is 1.65. The number of carbonyl (C=O) groups excluding carboxylic acids is 2. The molecule has 0 unspecified atom stereocenters. The van der Waals surface area contributed by atoms with E-state index in [1.54, 1.807) is 0 Å². The number of primary amides is 2. The van der Waals surface area contributed by atoms with E-state index in [0.29, 0.717) is 0 Å². The standard InChI is InChI=1S/C8H8F3N3O2S/c1-2-3(5(12)15)6(14-7(13)16)17-4(2)8(9,10)11/h1H3,(H2,12,15)(H3,13,14,16). The van der Waals surface area contributed by atoms with Crippen molar-refractivity contribution in [3.05, 3.63) is 16.0 Å². The highest BCUT2D eigenvalue weighted by Gasteiger charge is 2.37. The average molecular weight is 267 g/mol. The minimum atomic E-state index is -4.61. The average Bonchev–Trinajstić information content (AvgIpc) is 2.40. The number of anilines is 1. The number of urea groups is 1. The van der Waals surface area contributed by atoms with Gasteiger partial charge in [-0.05, 0) is 12.5 Å². The second kappa shape index (κ2) is 4.24. The summed E-state index contributed by atoms with van der Waals surface area (Å²) in [6, 6.07) is -1.07. The van der Waals surface area contributed by atoms with Gasteiger partial charge in [-0.2, -0.15) is 13.2 Å². The van der Waals surface area contributed by atoms with E-state index < -0.39 is 23.0 Å². The van der Waals surface area contributed by atoms with Gasteiger partial charge in [0.05, 0.1) is 5.56 Å². The van der Waals surface area contributed by atoms with E-state index in [1.807, 2.05) is 5.32 Å². The van der Waals surface area contributed by atoms with Gasteiger partial charge >= 0.3 is 12.2 Å². The van der Waals surface area contributed by atoms with Gasteiger partial charge < -0.3 is 11.5 Å². The smallest absolute Gasteiger partial charge is 0.365 e. The molecule has 5 N–H and O–H groups in total. The predicted molar refractivity (Wildman–Crippen MR) is 55.8 cm³/mol. The van der Waals surface area contributed by atoms with Gasteiger partial charge in [-0.3, -0.25) is 10.1 Å². The monoisotopic (exact) mass is 267 g/mol. The number of hydrogen-bond acceptors (Lipinski definition) is 3. The predicted octanol–water partition coefficient (Wildman–Crippen LogP) is 1.66. The molecule has 3 amide bonds. The normalized spacial score (nSPS) is 11.3. The lowest BCUT2D eigenvalue weighted by molar-refractivity contribution is -0.134.